The SMILES string of the molecule is CC(=O)[C@H]1CC[C@H]2[C@@H]3CC=C4CC(=O)CC[C@]4(C)C3=CC[C@]12C. The van der Waals surface area contributed by atoms with Gasteiger partial charge in [0.2, 0.25) is 0 Å². The van der Waals surface area contributed by atoms with Gasteiger partial charge in [-0.1, -0.05) is 37.1 Å². The minimum Gasteiger partial charge on any atom is -0.300 e. The van der Waals surface area contributed by atoms with Crippen LogP contribution in [0.15, 0.2) is 23.3 Å². The minimum atomic E-state index is 0.118. The van der Waals surface area contributed by atoms with Crippen LogP contribution in [0.5, 0.6) is 0 Å². The van der Waals surface area contributed by atoms with E-state index in [1.165, 1.54) is 12.0 Å². The van der Waals surface area contributed by atoms with Gasteiger partial charge < -0.3 is 0 Å². The summed E-state index contributed by atoms with van der Waals surface area (Å²) in [6, 6.07) is 0. The van der Waals surface area contributed by atoms with E-state index >= 15 is 0 Å². The highest BCUT2D eigenvalue weighted by atomic mass is 16.1. The van der Waals surface area contributed by atoms with Crippen LogP contribution in [0.1, 0.15) is 65.7 Å². The lowest BCUT2D eigenvalue weighted by molar-refractivity contribution is -0.125. The zero-order valence-corrected chi connectivity index (χ0v) is 14.7. The maximum atomic E-state index is 12.1. The largest absolute Gasteiger partial charge is 0.300 e. The standard InChI is InChI=1S/C21H28O2/c1-13(22)17-6-7-18-16-5-4-14-12-15(23)8-10-20(14,2)19(16)9-11-21(17,18)3/h4,9,16-18H,5-8,10-12H2,1-3H3/t16-,17+,18-,20-,21+/m0/s1. The molecule has 0 amide bonds. The Bertz CT molecular complexity index is 640. The Morgan fingerprint density at radius 3 is 2.74 bits per heavy atom. The Labute approximate surface area is 139 Å². The quantitative estimate of drug-likeness (QED) is 0.661. The van der Waals surface area contributed by atoms with Gasteiger partial charge in [-0.3, -0.25) is 9.59 Å². The number of carbonyl (C=O) groups excluding carboxylic acids is 2. The molecule has 2 nitrogen and oxygen atoms in total. The van der Waals surface area contributed by atoms with Gasteiger partial charge >= 0.3 is 0 Å². The Balaban J connectivity index is 1.73. The maximum Gasteiger partial charge on any atom is 0.137 e. The fraction of sp³-hybridized carbons (Fsp3) is 0.714. The number of fused-ring (bicyclic) bond motifs is 5. The normalized spacial score (nSPS) is 45.5. The van der Waals surface area contributed by atoms with Gasteiger partial charge in [-0.15, -0.1) is 0 Å². The summed E-state index contributed by atoms with van der Waals surface area (Å²) in [6.07, 6.45) is 11.6. The van der Waals surface area contributed by atoms with Gasteiger partial charge in [-0.2, -0.15) is 0 Å². The second-order valence-electron chi connectivity index (χ2n) is 8.84. The maximum absolute atomic E-state index is 12.1. The summed E-state index contributed by atoms with van der Waals surface area (Å²) >= 11 is 0. The molecule has 4 aliphatic rings. The molecule has 0 bridgehead atoms. The van der Waals surface area contributed by atoms with Crippen LogP contribution >= 0.6 is 0 Å². The molecule has 2 heteroatoms. The van der Waals surface area contributed by atoms with E-state index in [0.717, 1.165) is 32.1 Å². The van der Waals surface area contributed by atoms with E-state index < -0.39 is 0 Å². The summed E-state index contributed by atoms with van der Waals surface area (Å²) in [5, 5.41) is 0. The average molecular weight is 312 g/mol. The molecule has 5 atom stereocenters. The smallest absolute Gasteiger partial charge is 0.137 e. The lowest BCUT2D eigenvalue weighted by Crippen LogP contribution is -2.44. The number of rotatable bonds is 1. The van der Waals surface area contributed by atoms with Crippen molar-refractivity contribution in [1.29, 1.82) is 0 Å². The van der Waals surface area contributed by atoms with Crippen molar-refractivity contribution in [3.8, 4) is 0 Å². The summed E-state index contributed by atoms with van der Waals surface area (Å²) < 4.78 is 0. The van der Waals surface area contributed by atoms with Crippen LogP contribution in [0.4, 0.5) is 0 Å². The van der Waals surface area contributed by atoms with E-state index in [1.54, 1.807) is 12.5 Å². The van der Waals surface area contributed by atoms with E-state index in [-0.39, 0.29) is 16.7 Å². The van der Waals surface area contributed by atoms with E-state index in [0.29, 0.717) is 29.8 Å². The lowest BCUT2D eigenvalue weighted by atomic mass is 9.51. The second-order valence-corrected chi connectivity index (χ2v) is 8.84. The topological polar surface area (TPSA) is 34.1 Å². The molecular weight excluding hydrogens is 284 g/mol. The molecule has 0 saturated heterocycles. The molecule has 2 saturated carbocycles. The first kappa shape index (κ1) is 15.4. The van der Waals surface area contributed by atoms with E-state index in [1.807, 2.05) is 0 Å². The molecule has 0 radical (unpaired) electrons. The third-order valence-corrected chi connectivity index (χ3v) is 7.80. The number of carbonyl (C=O) groups is 2. The second kappa shape index (κ2) is 4.91. The number of hydrogen-bond donors (Lipinski definition) is 0. The first-order valence-electron chi connectivity index (χ1n) is 9.28. The molecule has 23 heavy (non-hydrogen) atoms. The van der Waals surface area contributed by atoms with Crippen molar-refractivity contribution in [1.82, 2.24) is 0 Å². The average Bonchev–Trinajstić information content (AvgIpc) is 2.85. The predicted octanol–water partition coefficient (Wildman–Crippen LogP) is 4.64. The van der Waals surface area contributed by atoms with Crippen LogP contribution in [0.3, 0.4) is 0 Å². The summed E-state index contributed by atoms with van der Waals surface area (Å²) in [5.41, 5.74) is 3.26. The molecule has 0 heterocycles. The van der Waals surface area contributed by atoms with Crippen molar-refractivity contribution >= 4 is 11.6 Å². The predicted molar refractivity (Wildman–Crippen MR) is 90.9 cm³/mol. The number of hydrogen-bond acceptors (Lipinski definition) is 2. The fourth-order valence-electron chi connectivity index (χ4n) is 6.45. The van der Waals surface area contributed by atoms with E-state index in [9.17, 15) is 9.59 Å². The summed E-state index contributed by atoms with van der Waals surface area (Å²) in [4.78, 5) is 24.0. The van der Waals surface area contributed by atoms with Crippen LogP contribution in [-0.2, 0) is 9.59 Å². The molecule has 0 aromatic heterocycles. The highest BCUT2D eigenvalue weighted by Gasteiger charge is 2.56. The van der Waals surface area contributed by atoms with Crippen LogP contribution in [0.2, 0.25) is 0 Å². The number of Topliss-reactive ketones (excluding diaryl/α,β-unsaturated/α-hetero) is 2. The molecule has 0 spiro atoms. The van der Waals surface area contributed by atoms with Crippen molar-refractivity contribution in [2.24, 2.45) is 28.6 Å². The van der Waals surface area contributed by atoms with Crippen LogP contribution in [0, 0.1) is 28.6 Å². The molecule has 0 unspecified atom stereocenters. The minimum absolute atomic E-state index is 0.118. The Hall–Kier alpha value is -1.18. The summed E-state index contributed by atoms with van der Waals surface area (Å²) in [6.45, 7) is 6.50. The molecule has 0 aromatic rings. The van der Waals surface area contributed by atoms with Crippen molar-refractivity contribution in [2.45, 2.75) is 65.7 Å². The van der Waals surface area contributed by atoms with Gasteiger partial charge in [0, 0.05) is 24.2 Å². The van der Waals surface area contributed by atoms with Gasteiger partial charge in [0.1, 0.15) is 11.6 Å². The molecule has 2 fully saturated rings. The number of allylic oxidation sites excluding steroid dienone is 4. The van der Waals surface area contributed by atoms with E-state index in [2.05, 4.69) is 26.0 Å². The molecule has 124 valence electrons. The van der Waals surface area contributed by atoms with Crippen LogP contribution in [-0.4, -0.2) is 11.6 Å². The summed E-state index contributed by atoms with van der Waals surface area (Å²) in [7, 11) is 0. The third-order valence-electron chi connectivity index (χ3n) is 7.80. The zero-order valence-electron chi connectivity index (χ0n) is 14.7. The van der Waals surface area contributed by atoms with Gasteiger partial charge in [-0.25, -0.2) is 0 Å². The van der Waals surface area contributed by atoms with Gasteiger partial charge in [0.15, 0.2) is 0 Å². The van der Waals surface area contributed by atoms with Crippen molar-refractivity contribution in [3.63, 3.8) is 0 Å². The van der Waals surface area contributed by atoms with Crippen molar-refractivity contribution in [2.75, 3.05) is 0 Å². The zero-order chi connectivity index (χ0) is 16.4. The first-order chi connectivity index (χ1) is 10.9. The Kier molecular flexibility index (Phi) is 3.28. The molecule has 4 rings (SSSR count). The molecular formula is C21H28O2. The highest BCUT2D eigenvalue weighted by Crippen LogP contribution is 2.63. The van der Waals surface area contributed by atoms with Gasteiger partial charge in [-0.05, 0) is 56.3 Å². The van der Waals surface area contributed by atoms with Crippen molar-refractivity contribution < 1.29 is 9.59 Å². The van der Waals surface area contributed by atoms with E-state index in [4.69, 9.17) is 0 Å². The molecule has 0 N–H and O–H groups in total. The summed E-state index contributed by atoms with van der Waals surface area (Å²) in [5.74, 6) is 2.28. The third kappa shape index (κ3) is 1.99. The number of ketones is 2. The molecule has 0 aliphatic heterocycles. The lowest BCUT2D eigenvalue weighted by Gasteiger charge is -2.52. The molecule has 0 aromatic carbocycles. The highest BCUT2D eigenvalue weighted by molar-refractivity contribution is 5.83. The van der Waals surface area contributed by atoms with Gasteiger partial charge in [0.05, 0.1) is 0 Å². The van der Waals surface area contributed by atoms with Crippen LogP contribution < -0.4 is 0 Å². The Morgan fingerprint density at radius 1 is 1.22 bits per heavy atom. The monoisotopic (exact) mass is 312 g/mol. The Morgan fingerprint density at radius 2 is 2.00 bits per heavy atom. The van der Waals surface area contributed by atoms with Crippen LogP contribution in [0.25, 0.3) is 0 Å². The van der Waals surface area contributed by atoms with Crippen molar-refractivity contribution in [3.05, 3.63) is 23.3 Å². The fourth-order valence-corrected chi connectivity index (χ4v) is 6.45. The first-order valence-corrected chi connectivity index (χ1v) is 9.28. The van der Waals surface area contributed by atoms with Gasteiger partial charge in [0.25, 0.3) is 0 Å². The molecule has 4 aliphatic carbocycles.